The topological polar surface area (TPSA) is 42.4 Å². The number of benzene rings is 2. The van der Waals surface area contributed by atoms with E-state index in [0.717, 1.165) is 21.1 Å². The Kier molecular flexibility index (Phi) is 4.06. The molecule has 2 aromatic carbocycles. The number of rotatable bonds is 4. The number of amides is 1. The summed E-state index contributed by atoms with van der Waals surface area (Å²) in [6, 6.07) is 15.0. The molecule has 1 heterocycles. The molecule has 3 aromatic rings. The predicted molar refractivity (Wildman–Crippen MR) is 90.0 cm³/mol. The van der Waals surface area contributed by atoms with Crippen LogP contribution in [0.1, 0.15) is 17.3 Å². The summed E-state index contributed by atoms with van der Waals surface area (Å²) in [5.41, 5.74) is 1.55. The number of hydrogen-bond donors (Lipinski definition) is 0. The van der Waals surface area contributed by atoms with E-state index in [0.29, 0.717) is 12.1 Å². The summed E-state index contributed by atoms with van der Waals surface area (Å²) in [6.45, 7) is 2.53. The number of para-hydroxylation sites is 1. The lowest BCUT2D eigenvalue weighted by atomic mass is 10.2. The van der Waals surface area contributed by atoms with Crippen molar-refractivity contribution in [2.45, 2.75) is 6.92 Å². The molecule has 4 nitrogen and oxygen atoms in total. The molecular formula is C17H16N2O2S. The highest BCUT2D eigenvalue weighted by molar-refractivity contribution is 7.22. The largest absolute Gasteiger partial charge is 0.497 e. The van der Waals surface area contributed by atoms with E-state index in [1.54, 1.807) is 36.3 Å². The van der Waals surface area contributed by atoms with Crippen LogP contribution < -0.4 is 9.64 Å². The number of hydrogen-bond acceptors (Lipinski definition) is 4. The summed E-state index contributed by atoms with van der Waals surface area (Å²) >= 11 is 1.53. The van der Waals surface area contributed by atoms with Crippen LogP contribution in [0, 0.1) is 0 Å². The highest BCUT2D eigenvalue weighted by Crippen LogP contribution is 2.29. The van der Waals surface area contributed by atoms with E-state index in [-0.39, 0.29) is 5.91 Å². The number of aromatic nitrogens is 1. The number of carbonyl (C=O) groups is 1. The molecule has 0 fully saturated rings. The molecular weight excluding hydrogens is 296 g/mol. The fourth-order valence-corrected chi connectivity index (χ4v) is 3.26. The van der Waals surface area contributed by atoms with Crippen molar-refractivity contribution in [1.82, 2.24) is 4.98 Å². The molecule has 0 atom stereocenters. The van der Waals surface area contributed by atoms with Crippen molar-refractivity contribution < 1.29 is 9.53 Å². The summed E-state index contributed by atoms with van der Waals surface area (Å²) in [7, 11) is 1.61. The molecule has 0 bridgehead atoms. The lowest BCUT2D eigenvalue weighted by Gasteiger charge is -2.17. The third kappa shape index (κ3) is 2.67. The first-order chi connectivity index (χ1) is 10.7. The summed E-state index contributed by atoms with van der Waals surface area (Å²) < 4.78 is 6.21. The van der Waals surface area contributed by atoms with E-state index in [2.05, 4.69) is 4.98 Å². The summed E-state index contributed by atoms with van der Waals surface area (Å²) in [5.74, 6) is 0.684. The smallest absolute Gasteiger partial charge is 0.260 e. The lowest BCUT2D eigenvalue weighted by Crippen LogP contribution is -2.30. The molecule has 3 rings (SSSR count). The minimum Gasteiger partial charge on any atom is -0.497 e. The minimum atomic E-state index is -0.0517. The fourth-order valence-electron chi connectivity index (χ4n) is 2.23. The van der Waals surface area contributed by atoms with Gasteiger partial charge < -0.3 is 4.74 Å². The molecule has 5 heteroatoms. The first-order valence-corrected chi connectivity index (χ1v) is 7.86. The molecule has 0 saturated heterocycles. The molecule has 0 aliphatic heterocycles. The van der Waals surface area contributed by atoms with Gasteiger partial charge in [0, 0.05) is 12.1 Å². The van der Waals surface area contributed by atoms with Crippen LogP contribution in [0.5, 0.6) is 5.75 Å². The molecule has 0 unspecified atom stereocenters. The van der Waals surface area contributed by atoms with Crippen molar-refractivity contribution in [2.24, 2.45) is 0 Å². The second-order valence-corrected chi connectivity index (χ2v) is 5.75. The Morgan fingerprint density at radius 2 is 1.91 bits per heavy atom. The van der Waals surface area contributed by atoms with Crippen LogP contribution in [0.2, 0.25) is 0 Å². The first kappa shape index (κ1) is 14.5. The quantitative estimate of drug-likeness (QED) is 0.732. The lowest BCUT2D eigenvalue weighted by molar-refractivity contribution is 0.0988. The minimum absolute atomic E-state index is 0.0517. The SMILES string of the molecule is CCN(C(=O)c1ccc(OC)cc1)c1nc2ccccc2s1. The van der Waals surface area contributed by atoms with Gasteiger partial charge in [-0.1, -0.05) is 23.5 Å². The second kappa shape index (κ2) is 6.15. The Morgan fingerprint density at radius 3 is 2.55 bits per heavy atom. The monoisotopic (exact) mass is 312 g/mol. The molecule has 1 aromatic heterocycles. The van der Waals surface area contributed by atoms with Gasteiger partial charge in [-0.15, -0.1) is 0 Å². The van der Waals surface area contributed by atoms with Crippen molar-refractivity contribution in [1.29, 1.82) is 0 Å². The normalized spacial score (nSPS) is 10.6. The predicted octanol–water partition coefficient (Wildman–Crippen LogP) is 3.97. The number of thiazole rings is 1. The molecule has 0 saturated carbocycles. The van der Waals surface area contributed by atoms with E-state index in [9.17, 15) is 4.79 Å². The van der Waals surface area contributed by atoms with Gasteiger partial charge >= 0.3 is 0 Å². The third-order valence-electron chi connectivity index (χ3n) is 3.41. The van der Waals surface area contributed by atoms with Gasteiger partial charge in [-0.25, -0.2) is 4.98 Å². The van der Waals surface area contributed by atoms with Gasteiger partial charge in [-0.2, -0.15) is 0 Å². The molecule has 0 aliphatic carbocycles. The molecule has 0 N–H and O–H groups in total. The number of carbonyl (C=O) groups excluding carboxylic acids is 1. The average molecular weight is 312 g/mol. The maximum absolute atomic E-state index is 12.7. The number of anilines is 1. The maximum Gasteiger partial charge on any atom is 0.260 e. The first-order valence-electron chi connectivity index (χ1n) is 7.04. The van der Waals surface area contributed by atoms with Crippen LogP contribution in [-0.2, 0) is 0 Å². The molecule has 0 spiro atoms. The van der Waals surface area contributed by atoms with Crippen LogP contribution in [0.25, 0.3) is 10.2 Å². The van der Waals surface area contributed by atoms with Crippen molar-refractivity contribution in [3.8, 4) is 5.75 Å². The second-order valence-electron chi connectivity index (χ2n) is 4.74. The zero-order chi connectivity index (χ0) is 15.5. The zero-order valence-electron chi connectivity index (χ0n) is 12.4. The number of methoxy groups -OCH3 is 1. The van der Waals surface area contributed by atoms with Gasteiger partial charge in [-0.05, 0) is 43.3 Å². The van der Waals surface area contributed by atoms with Gasteiger partial charge in [0.1, 0.15) is 5.75 Å². The van der Waals surface area contributed by atoms with E-state index in [1.165, 1.54) is 11.3 Å². The van der Waals surface area contributed by atoms with Gasteiger partial charge in [0.05, 0.1) is 17.3 Å². The van der Waals surface area contributed by atoms with Crippen LogP contribution in [0.3, 0.4) is 0 Å². The molecule has 1 amide bonds. The maximum atomic E-state index is 12.7. The van der Waals surface area contributed by atoms with Crippen molar-refractivity contribution >= 4 is 32.6 Å². The van der Waals surface area contributed by atoms with Gasteiger partial charge in [0.2, 0.25) is 0 Å². The molecule has 0 radical (unpaired) electrons. The average Bonchev–Trinajstić information content (AvgIpc) is 2.99. The highest BCUT2D eigenvalue weighted by Gasteiger charge is 2.19. The Bertz CT molecular complexity index is 763. The van der Waals surface area contributed by atoms with E-state index in [4.69, 9.17) is 4.74 Å². The van der Waals surface area contributed by atoms with Gasteiger partial charge in [0.15, 0.2) is 5.13 Å². The van der Waals surface area contributed by atoms with Gasteiger partial charge in [0.25, 0.3) is 5.91 Å². The third-order valence-corrected chi connectivity index (χ3v) is 4.47. The Hall–Kier alpha value is -2.40. The summed E-state index contributed by atoms with van der Waals surface area (Å²) in [5, 5.41) is 0.726. The summed E-state index contributed by atoms with van der Waals surface area (Å²) in [6.07, 6.45) is 0. The Morgan fingerprint density at radius 1 is 1.18 bits per heavy atom. The van der Waals surface area contributed by atoms with Crippen molar-refractivity contribution in [3.05, 3.63) is 54.1 Å². The molecule has 112 valence electrons. The van der Waals surface area contributed by atoms with Crippen LogP contribution >= 0.6 is 11.3 Å². The fraction of sp³-hybridized carbons (Fsp3) is 0.176. The zero-order valence-corrected chi connectivity index (χ0v) is 13.3. The van der Waals surface area contributed by atoms with Crippen molar-refractivity contribution in [2.75, 3.05) is 18.6 Å². The Balaban J connectivity index is 1.93. The number of nitrogens with zero attached hydrogens (tertiary/aromatic N) is 2. The van der Waals surface area contributed by atoms with E-state index in [1.807, 2.05) is 31.2 Å². The van der Waals surface area contributed by atoms with Crippen LogP contribution in [-0.4, -0.2) is 24.5 Å². The molecule has 22 heavy (non-hydrogen) atoms. The van der Waals surface area contributed by atoms with Gasteiger partial charge in [-0.3, -0.25) is 9.69 Å². The van der Waals surface area contributed by atoms with E-state index < -0.39 is 0 Å². The Labute approximate surface area is 133 Å². The van der Waals surface area contributed by atoms with Crippen LogP contribution in [0.4, 0.5) is 5.13 Å². The standard InChI is InChI=1S/C17H16N2O2S/c1-3-19(16(20)12-8-10-13(21-2)11-9-12)17-18-14-6-4-5-7-15(14)22-17/h4-11H,3H2,1-2H3. The number of fused-ring (bicyclic) bond motifs is 1. The highest BCUT2D eigenvalue weighted by atomic mass is 32.1. The number of ether oxygens (including phenoxy) is 1. The van der Waals surface area contributed by atoms with Crippen molar-refractivity contribution in [3.63, 3.8) is 0 Å². The van der Waals surface area contributed by atoms with Crippen LogP contribution in [0.15, 0.2) is 48.5 Å². The summed E-state index contributed by atoms with van der Waals surface area (Å²) in [4.78, 5) is 19.0. The van der Waals surface area contributed by atoms with E-state index >= 15 is 0 Å². The molecule has 0 aliphatic rings.